The maximum atomic E-state index is 12.5. The third-order valence-electron chi connectivity index (χ3n) is 5.37. The Hall–Kier alpha value is -2.29. The molecule has 0 atom stereocenters. The Kier molecular flexibility index (Phi) is 6.32. The van der Waals surface area contributed by atoms with Crippen LogP contribution in [0.2, 0.25) is 0 Å². The van der Waals surface area contributed by atoms with Gasteiger partial charge < -0.3 is 10.2 Å². The fourth-order valence-corrected chi connectivity index (χ4v) is 3.95. The van der Waals surface area contributed by atoms with Crippen LogP contribution >= 0.6 is 0 Å². The molecule has 2 aromatic carbocycles. The van der Waals surface area contributed by atoms with Crippen molar-refractivity contribution in [2.75, 3.05) is 5.32 Å². The highest BCUT2D eigenvalue weighted by Crippen LogP contribution is 2.33. The summed E-state index contributed by atoms with van der Waals surface area (Å²) in [6.45, 7) is 5.39. The summed E-state index contributed by atoms with van der Waals surface area (Å²) in [5, 5.41) is 3.04. The van der Waals surface area contributed by atoms with Crippen LogP contribution in [-0.2, 0) is 13.1 Å². The molecule has 0 bridgehead atoms. The van der Waals surface area contributed by atoms with Crippen molar-refractivity contribution in [3.8, 4) is 0 Å². The van der Waals surface area contributed by atoms with E-state index in [1.807, 2.05) is 43.0 Å². The smallest absolute Gasteiger partial charge is 0.316 e. The quantitative estimate of drug-likeness (QED) is 0.676. The lowest BCUT2D eigenvalue weighted by Gasteiger charge is -2.22. The number of benzene rings is 2. The Morgan fingerprint density at radius 1 is 0.885 bits per heavy atom. The van der Waals surface area contributed by atoms with Crippen molar-refractivity contribution in [3.05, 3.63) is 65.2 Å². The molecular formula is C23H30N2O. The summed E-state index contributed by atoms with van der Waals surface area (Å²) in [6, 6.07) is 16.7. The maximum absolute atomic E-state index is 12.5. The zero-order chi connectivity index (χ0) is 18.4. The van der Waals surface area contributed by atoms with Gasteiger partial charge >= 0.3 is 6.03 Å². The zero-order valence-electron chi connectivity index (χ0n) is 16.0. The van der Waals surface area contributed by atoms with Gasteiger partial charge in [-0.05, 0) is 47.6 Å². The lowest BCUT2D eigenvalue weighted by Crippen LogP contribution is -2.30. The molecule has 3 heteroatoms. The summed E-state index contributed by atoms with van der Waals surface area (Å²) < 4.78 is 0. The molecule has 0 spiro atoms. The number of urea groups is 1. The van der Waals surface area contributed by atoms with Gasteiger partial charge in [0, 0.05) is 18.8 Å². The maximum Gasteiger partial charge on any atom is 0.322 e. The molecule has 2 aromatic rings. The summed E-state index contributed by atoms with van der Waals surface area (Å²) >= 11 is 0. The van der Waals surface area contributed by atoms with Gasteiger partial charge in [-0.3, -0.25) is 0 Å². The Labute approximate surface area is 157 Å². The first kappa shape index (κ1) is 18.5. The molecule has 138 valence electrons. The van der Waals surface area contributed by atoms with E-state index in [2.05, 4.69) is 29.6 Å². The van der Waals surface area contributed by atoms with Crippen LogP contribution in [0.1, 0.15) is 68.6 Å². The number of fused-ring (bicyclic) bond motifs is 1. The molecule has 0 unspecified atom stereocenters. The summed E-state index contributed by atoms with van der Waals surface area (Å²) in [5.74, 6) is 0.705. The predicted octanol–water partition coefficient (Wildman–Crippen LogP) is 6.31. The second kappa shape index (κ2) is 8.88. The lowest BCUT2D eigenvalue weighted by molar-refractivity contribution is 0.212. The molecule has 0 aromatic heterocycles. The first-order valence-corrected chi connectivity index (χ1v) is 10.0. The second-order valence-electron chi connectivity index (χ2n) is 7.01. The van der Waals surface area contributed by atoms with Gasteiger partial charge in [-0.15, -0.1) is 0 Å². The van der Waals surface area contributed by atoms with E-state index in [0.717, 1.165) is 5.69 Å². The number of hydrogen-bond donors (Lipinski definition) is 1. The summed E-state index contributed by atoms with van der Waals surface area (Å²) in [5.41, 5.74) is 4.80. The highest BCUT2D eigenvalue weighted by Gasteiger charge is 2.23. The van der Waals surface area contributed by atoms with Crippen molar-refractivity contribution in [3.63, 3.8) is 0 Å². The number of rotatable bonds is 2. The number of nitrogens with zero attached hydrogens (tertiary/aromatic N) is 1. The van der Waals surface area contributed by atoms with Gasteiger partial charge in [-0.1, -0.05) is 69.5 Å². The van der Waals surface area contributed by atoms with Crippen LogP contribution < -0.4 is 5.32 Å². The van der Waals surface area contributed by atoms with Crippen LogP contribution in [0.5, 0.6) is 0 Å². The van der Waals surface area contributed by atoms with Crippen LogP contribution in [0.3, 0.4) is 0 Å². The van der Waals surface area contributed by atoms with Crippen LogP contribution in [0.25, 0.3) is 0 Å². The molecule has 2 amide bonds. The third kappa shape index (κ3) is 4.27. The van der Waals surface area contributed by atoms with Crippen molar-refractivity contribution >= 4 is 11.7 Å². The van der Waals surface area contributed by atoms with Gasteiger partial charge in [0.25, 0.3) is 0 Å². The van der Waals surface area contributed by atoms with Gasteiger partial charge in [0.2, 0.25) is 0 Å². The third-order valence-corrected chi connectivity index (χ3v) is 5.37. The molecule has 1 aliphatic heterocycles. The molecule has 1 heterocycles. The Balaban J connectivity index is 0.000000948. The lowest BCUT2D eigenvalue weighted by atomic mass is 9.84. The number of nitrogens with one attached hydrogen (secondary N) is 1. The molecule has 26 heavy (non-hydrogen) atoms. The minimum Gasteiger partial charge on any atom is -0.316 e. The van der Waals surface area contributed by atoms with Gasteiger partial charge in [-0.25, -0.2) is 4.79 Å². The van der Waals surface area contributed by atoms with Crippen LogP contribution in [0.15, 0.2) is 48.5 Å². The largest absolute Gasteiger partial charge is 0.322 e. The minimum atomic E-state index is -0.0170. The number of carbonyl (C=O) groups is 1. The molecule has 4 rings (SSSR count). The molecular weight excluding hydrogens is 320 g/mol. The monoisotopic (exact) mass is 350 g/mol. The average Bonchev–Trinajstić information content (AvgIpc) is 3.15. The second-order valence-corrected chi connectivity index (χ2v) is 7.01. The van der Waals surface area contributed by atoms with Gasteiger partial charge in [-0.2, -0.15) is 0 Å². The van der Waals surface area contributed by atoms with Crippen molar-refractivity contribution in [1.82, 2.24) is 4.90 Å². The fourth-order valence-electron chi connectivity index (χ4n) is 3.95. The van der Waals surface area contributed by atoms with E-state index in [-0.39, 0.29) is 6.03 Å². The van der Waals surface area contributed by atoms with E-state index in [1.165, 1.54) is 48.8 Å². The van der Waals surface area contributed by atoms with Crippen LogP contribution in [-0.4, -0.2) is 10.9 Å². The molecule has 1 fully saturated rings. The highest BCUT2D eigenvalue weighted by atomic mass is 16.2. The first-order valence-electron chi connectivity index (χ1n) is 10.0. The van der Waals surface area contributed by atoms with Gasteiger partial charge in [0.15, 0.2) is 0 Å². The summed E-state index contributed by atoms with van der Waals surface area (Å²) in [4.78, 5) is 14.3. The Morgan fingerprint density at radius 3 is 2.04 bits per heavy atom. The number of hydrogen-bond acceptors (Lipinski definition) is 1. The average molecular weight is 351 g/mol. The molecule has 1 N–H and O–H groups in total. The van der Waals surface area contributed by atoms with E-state index >= 15 is 0 Å². The van der Waals surface area contributed by atoms with Crippen LogP contribution in [0, 0.1) is 0 Å². The van der Waals surface area contributed by atoms with Crippen molar-refractivity contribution in [1.29, 1.82) is 0 Å². The van der Waals surface area contributed by atoms with E-state index in [9.17, 15) is 4.79 Å². The number of anilines is 1. The van der Waals surface area contributed by atoms with Crippen molar-refractivity contribution in [2.24, 2.45) is 0 Å². The highest BCUT2D eigenvalue weighted by molar-refractivity contribution is 5.89. The standard InChI is InChI=1S/C21H24N2O.C2H6/c24-21(23-14-18-8-4-5-9-19(18)15-23)22-20-12-10-17(11-13-20)16-6-2-1-3-7-16;1-2/h4-5,8-13,16H,1-3,6-7,14-15H2,(H,22,24);1-2H3. The van der Waals surface area contributed by atoms with Gasteiger partial charge in [0.1, 0.15) is 0 Å². The Morgan fingerprint density at radius 2 is 1.46 bits per heavy atom. The SMILES string of the molecule is CC.O=C(Nc1ccc(C2CCCCC2)cc1)N1Cc2ccccc2C1. The van der Waals surface area contributed by atoms with Crippen molar-refractivity contribution in [2.45, 2.75) is 65.0 Å². The zero-order valence-corrected chi connectivity index (χ0v) is 16.0. The topological polar surface area (TPSA) is 32.3 Å². The molecule has 0 saturated heterocycles. The van der Waals surface area contributed by atoms with E-state index in [4.69, 9.17) is 0 Å². The Bertz CT molecular complexity index is 692. The number of amides is 2. The van der Waals surface area contributed by atoms with Gasteiger partial charge in [0.05, 0.1) is 0 Å². The first-order chi connectivity index (χ1) is 12.8. The molecule has 1 saturated carbocycles. The normalized spacial score (nSPS) is 16.5. The number of carbonyl (C=O) groups excluding carboxylic acids is 1. The minimum absolute atomic E-state index is 0.0170. The fraction of sp³-hybridized carbons (Fsp3) is 0.435. The molecule has 0 radical (unpaired) electrons. The predicted molar refractivity (Wildman–Crippen MR) is 108 cm³/mol. The molecule has 2 aliphatic rings. The van der Waals surface area contributed by atoms with E-state index < -0.39 is 0 Å². The summed E-state index contributed by atoms with van der Waals surface area (Å²) in [7, 11) is 0. The molecule has 1 aliphatic carbocycles. The van der Waals surface area contributed by atoms with E-state index in [1.54, 1.807) is 0 Å². The molecule has 3 nitrogen and oxygen atoms in total. The van der Waals surface area contributed by atoms with E-state index in [0.29, 0.717) is 19.0 Å². The van der Waals surface area contributed by atoms with Crippen molar-refractivity contribution < 1.29 is 4.79 Å². The van der Waals surface area contributed by atoms with Crippen LogP contribution in [0.4, 0.5) is 10.5 Å². The summed E-state index contributed by atoms with van der Waals surface area (Å²) in [6.07, 6.45) is 6.68.